The largest absolute Gasteiger partial charge is 0.389 e. The summed E-state index contributed by atoms with van der Waals surface area (Å²) >= 11 is 0. The van der Waals surface area contributed by atoms with Gasteiger partial charge >= 0.3 is 0 Å². The van der Waals surface area contributed by atoms with Crippen molar-refractivity contribution in [3.8, 4) is 11.3 Å². The van der Waals surface area contributed by atoms with Crippen molar-refractivity contribution < 1.29 is 9.84 Å². The van der Waals surface area contributed by atoms with Crippen LogP contribution in [0.5, 0.6) is 0 Å². The molecule has 6 rings (SSSR count). The van der Waals surface area contributed by atoms with Crippen LogP contribution in [0.3, 0.4) is 0 Å². The molecule has 0 amide bonds. The highest BCUT2D eigenvalue weighted by Crippen LogP contribution is 2.30. The first-order chi connectivity index (χ1) is 17.1. The number of nitrogens with zero attached hydrogens (tertiary/aromatic N) is 5. The van der Waals surface area contributed by atoms with Gasteiger partial charge in [0.2, 0.25) is 0 Å². The van der Waals surface area contributed by atoms with Crippen LogP contribution in [0.15, 0.2) is 72.2 Å². The highest BCUT2D eigenvalue weighted by Gasteiger charge is 2.27. The Morgan fingerprint density at radius 1 is 1.09 bits per heavy atom. The predicted octanol–water partition coefficient (Wildman–Crippen LogP) is 3.26. The Balaban J connectivity index is 1.52. The Hall–Kier alpha value is -3.88. The fourth-order valence-electron chi connectivity index (χ4n) is 5.06. The summed E-state index contributed by atoms with van der Waals surface area (Å²) in [6, 6.07) is 13.6. The number of rotatable bonds is 4. The van der Waals surface area contributed by atoms with Crippen molar-refractivity contribution in [1.82, 2.24) is 24.3 Å². The Kier molecular flexibility index (Phi) is 5.39. The second kappa shape index (κ2) is 8.72. The van der Waals surface area contributed by atoms with Gasteiger partial charge in [-0.15, -0.1) is 0 Å². The van der Waals surface area contributed by atoms with E-state index in [0.29, 0.717) is 30.4 Å². The average molecular weight is 468 g/mol. The zero-order valence-electron chi connectivity index (χ0n) is 19.3. The van der Waals surface area contributed by atoms with Gasteiger partial charge in [0.05, 0.1) is 47.9 Å². The third-order valence-electron chi connectivity index (χ3n) is 6.78. The molecular formula is C27H25N5O3. The molecule has 0 radical (unpaired) electrons. The molecule has 3 aromatic heterocycles. The number of hydrogen-bond donors (Lipinski definition) is 1. The second-order valence-electron chi connectivity index (χ2n) is 9.02. The van der Waals surface area contributed by atoms with Crippen LogP contribution >= 0.6 is 0 Å². The first-order valence-corrected chi connectivity index (χ1v) is 11.7. The van der Waals surface area contributed by atoms with Crippen LogP contribution < -0.4 is 5.56 Å². The van der Waals surface area contributed by atoms with Crippen molar-refractivity contribution in [1.29, 1.82) is 0 Å². The van der Waals surface area contributed by atoms with Crippen molar-refractivity contribution in [2.75, 3.05) is 13.2 Å². The number of aryl methyl sites for hydroxylation is 1. The molecule has 2 aromatic carbocycles. The summed E-state index contributed by atoms with van der Waals surface area (Å²) in [4.78, 5) is 23.0. The van der Waals surface area contributed by atoms with Crippen LogP contribution in [-0.4, -0.2) is 48.7 Å². The Morgan fingerprint density at radius 3 is 2.74 bits per heavy atom. The molecule has 4 heterocycles. The van der Waals surface area contributed by atoms with E-state index in [0.717, 1.165) is 33.2 Å². The number of aromatic nitrogens is 5. The van der Waals surface area contributed by atoms with Gasteiger partial charge in [-0.25, -0.2) is 4.98 Å². The van der Waals surface area contributed by atoms with E-state index in [4.69, 9.17) is 4.74 Å². The molecule has 0 bridgehead atoms. The zero-order valence-corrected chi connectivity index (χ0v) is 19.3. The highest BCUT2D eigenvalue weighted by atomic mass is 16.5. The van der Waals surface area contributed by atoms with Crippen LogP contribution in [0.25, 0.3) is 32.9 Å². The number of hydrogen-bond acceptors (Lipinski definition) is 6. The summed E-state index contributed by atoms with van der Waals surface area (Å²) in [5, 5.41) is 17.3. The molecule has 2 atom stereocenters. The second-order valence-corrected chi connectivity index (χ2v) is 9.02. The van der Waals surface area contributed by atoms with E-state index in [2.05, 4.69) is 27.2 Å². The molecule has 0 aliphatic carbocycles. The summed E-state index contributed by atoms with van der Waals surface area (Å²) in [5.41, 5.74) is 4.42. The van der Waals surface area contributed by atoms with Crippen molar-refractivity contribution in [3.05, 3.63) is 88.9 Å². The fraction of sp³-hybridized carbons (Fsp3) is 0.259. The van der Waals surface area contributed by atoms with Gasteiger partial charge in [-0.05, 0) is 35.1 Å². The van der Waals surface area contributed by atoms with Gasteiger partial charge in [0, 0.05) is 43.4 Å². The molecule has 1 aliphatic rings. The van der Waals surface area contributed by atoms with Gasteiger partial charge in [0.1, 0.15) is 0 Å². The molecule has 8 heteroatoms. The minimum absolute atomic E-state index is 0.147. The highest BCUT2D eigenvalue weighted by molar-refractivity contribution is 6.06. The number of ether oxygens (including phenoxy) is 1. The summed E-state index contributed by atoms with van der Waals surface area (Å²) in [7, 11) is 1.89. The quantitative estimate of drug-likeness (QED) is 0.408. The predicted molar refractivity (Wildman–Crippen MR) is 133 cm³/mol. The van der Waals surface area contributed by atoms with Crippen molar-refractivity contribution >= 4 is 21.7 Å². The molecular weight excluding hydrogens is 442 g/mol. The normalized spacial score (nSPS) is 18.3. The fourth-order valence-corrected chi connectivity index (χ4v) is 5.06. The minimum Gasteiger partial charge on any atom is -0.389 e. The van der Waals surface area contributed by atoms with Crippen LogP contribution in [0.2, 0.25) is 0 Å². The van der Waals surface area contributed by atoms with Gasteiger partial charge < -0.3 is 9.84 Å². The molecule has 5 aromatic rings. The Labute approximate surface area is 201 Å². The lowest BCUT2D eigenvalue weighted by atomic mass is 9.94. The monoisotopic (exact) mass is 467 g/mol. The van der Waals surface area contributed by atoms with Gasteiger partial charge in [-0.1, -0.05) is 30.3 Å². The standard InChI is InChI=1S/C27H25N5O3/c1-31-14-19(13-30-31)25-17(5-4-9-28-25)11-18-12-22-26(21-7-3-2-6-20(18)21)29-16-32(27(22)34)23-8-10-35-15-24(23)33/h2-7,9,12-14,16,23-24,33H,8,10-11,15H2,1H3/t23-,24-/m0/s1. The van der Waals surface area contributed by atoms with Crippen LogP contribution in [0, 0.1) is 0 Å². The third-order valence-corrected chi connectivity index (χ3v) is 6.78. The molecule has 176 valence electrons. The summed E-state index contributed by atoms with van der Waals surface area (Å²) in [6.07, 6.45) is 7.54. The zero-order chi connectivity index (χ0) is 23.9. The van der Waals surface area contributed by atoms with Gasteiger partial charge in [-0.3, -0.25) is 19.0 Å². The SMILES string of the molecule is Cn1cc(-c2ncccc2Cc2cc3c(=O)n([C@H]4CCOC[C@@H]4O)cnc3c3ccccc23)cn1. The molecule has 1 saturated heterocycles. The number of benzene rings is 2. The number of aliphatic hydroxyl groups is 1. The van der Waals surface area contributed by atoms with Crippen LogP contribution in [0.1, 0.15) is 23.6 Å². The number of aliphatic hydroxyl groups excluding tert-OH is 1. The molecule has 1 fully saturated rings. The van der Waals surface area contributed by atoms with E-state index in [-0.39, 0.29) is 18.2 Å². The van der Waals surface area contributed by atoms with Crippen LogP contribution in [0.4, 0.5) is 0 Å². The lowest BCUT2D eigenvalue weighted by Gasteiger charge is -2.29. The maximum atomic E-state index is 13.7. The molecule has 35 heavy (non-hydrogen) atoms. The average Bonchev–Trinajstić information content (AvgIpc) is 3.32. The number of fused-ring (bicyclic) bond motifs is 3. The van der Waals surface area contributed by atoms with Crippen molar-refractivity contribution in [2.45, 2.75) is 25.0 Å². The smallest absolute Gasteiger partial charge is 0.261 e. The summed E-state index contributed by atoms with van der Waals surface area (Å²) < 4.78 is 8.69. The van der Waals surface area contributed by atoms with E-state index in [1.165, 1.54) is 0 Å². The maximum Gasteiger partial charge on any atom is 0.261 e. The molecule has 0 spiro atoms. The van der Waals surface area contributed by atoms with Gasteiger partial charge in [-0.2, -0.15) is 5.10 Å². The lowest BCUT2D eigenvalue weighted by Crippen LogP contribution is -2.39. The van der Waals surface area contributed by atoms with E-state index in [1.54, 1.807) is 21.8 Å². The van der Waals surface area contributed by atoms with Gasteiger partial charge in [0.15, 0.2) is 0 Å². The first kappa shape index (κ1) is 21.6. The third kappa shape index (κ3) is 3.80. The number of pyridine rings is 1. The molecule has 8 nitrogen and oxygen atoms in total. The first-order valence-electron chi connectivity index (χ1n) is 11.7. The van der Waals surface area contributed by atoms with E-state index in [1.807, 2.05) is 49.8 Å². The molecule has 1 aliphatic heterocycles. The minimum atomic E-state index is -0.738. The lowest BCUT2D eigenvalue weighted by molar-refractivity contribution is -0.0395. The topological polar surface area (TPSA) is 95.1 Å². The molecule has 1 N–H and O–H groups in total. The van der Waals surface area contributed by atoms with E-state index >= 15 is 0 Å². The maximum absolute atomic E-state index is 13.7. The Bertz CT molecular complexity index is 1610. The summed E-state index contributed by atoms with van der Waals surface area (Å²) in [5.74, 6) is 0. The molecule has 0 unspecified atom stereocenters. The summed E-state index contributed by atoms with van der Waals surface area (Å²) in [6.45, 7) is 0.726. The van der Waals surface area contributed by atoms with E-state index < -0.39 is 6.10 Å². The van der Waals surface area contributed by atoms with E-state index in [9.17, 15) is 9.90 Å². The Morgan fingerprint density at radius 2 is 1.94 bits per heavy atom. The molecule has 0 saturated carbocycles. The van der Waals surface area contributed by atoms with Crippen LogP contribution in [-0.2, 0) is 18.2 Å². The van der Waals surface area contributed by atoms with Crippen molar-refractivity contribution in [3.63, 3.8) is 0 Å². The van der Waals surface area contributed by atoms with Crippen molar-refractivity contribution in [2.24, 2.45) is 7.05 Å². The van der Waals surface area contributed by atoms with Gasteiger partial charge in [0.25, 0.3) is 5.56 Å².